The van der Waals surface area contributed by atoms with Crippen LogP contribution in [0.25, 0.3) is 10.4 Å². The van der Waals surface area contributed by atoms with Crippen molar-refractivity contribution in [2.75, 3.05) is 4.31 Å². The molecular weight excluding hydrogens is 1490 g/mol. The zero-order chi connectivity index (χ0) is 80.1. The normalized spacial score (nSPS) is 16.4. The number of benzene rings is 10. The van der Waals surface area contributed by atoms with Crippen molar-refractivity contribution in [1.29, 1.82) is 5.26 Å². The van der Waals surface area contributed by atoms with Crippen LogP contribution in [0.1, 0.15) is 113 Å². The minimum Gasteiger partial charge on any atom is -0.453 e. The third-order valence-electron chi connectivity index (χ3n) is 18.1. The molecule has 3 aliphatic carbocycles. The van der Waals surface area contributed by atoms with Crippen molar-refractivity contribution in [2.45, 2.75) is 39.9 Å². The van der Waals surface area contributed by atoms with Crippen molar-refractivity contribution in [1.82, 2.24) is 0 Å². The predicted octanol–water partition coefficient (Wildman–Crippen LogP) is 19.3. The largest absolute Gasteiger partial charge is 0.453 e. The van der Waals surface area contributed by atoms with Crippen molar-refractivity contribution in [2.24, 2.45) is 0 Å². The van der Waals surface area contributed by atoms with Gasteiger partial charge in [0.15, 0.2) is 46.9 Å². The number of rotatable bonds is 5. The highest BCUT2D eigenvalue weighted by Crippen LogP contribution is 2.45. The number of thioether (sulfide) groups is 1. The van der Waals surface area contributed by atoms with Crippen LogP contribution in [0.3, 0.4) is 0 Å². The first-order valence-electron chi connectivity index (χ1n) is 34.1. The van der Waals surface area contributed by atoms with Gasteiger partial charge in [-0.05, 0) is 119 Å². The lowest BCUT2D eigenvalue weighted by molar-refractivity contribution is -0.0777. The summed E-state index contributed by atoms with van der Waals surface area (Å²) in [4.78, 5) is 90.2. The first-order chi connectivity index (χ1) is 53.8. The number of aryl methyl sites for hydroxylation is 1. The summed E-state index contributed by atoms with van der Waals surface area (Å²) in [5.74, 6) is 1.13. The van der Waals surface area contributed by atoms with E-state index in [1.165, 1.54) is 30.0 Å². The molecule has 10 aromatic rings. The van der Waals surface area contributed by atoms with Gasteiger partial charge in [-0.25, -0.2) is 26.9 Å². The van der Waals surface area contributed by atoms with Crippen LogP contribution in [-0.2, 0) is 36.8 Å². The molecule has 0 amide bonds. The molecule has 0 bridgehead atoms. The van der Waals surface area contributed by atoms with E-state index in [4.69, 9.17) is 25.8 Å². The van der Waals surface area contributed by atoms with E-state index in [1.54, 1.807) is 77.1 Å². The Morgan fingerprint density at radius 1 is 0.482 bits per heavy atom. The van der Waals surface area contributed by atoms with E-state index in [0.29, 0.717) is 49.9 Å². The monoisotopic (exact) mass is 1550 g/mol. The highest BCUT2D eigenvalue weighted by molar-refractivity contribution is 8.04. The van der Waals surface area contributed by atoms with Gasteiger partial charge in [0.2, 0.25) is 37.0 Å². The van der Waals surface area contributed by atoms with Gasteiger partial charge in [0, 0.05) is 61.8 Å². The van der Waals surface area contributed by atoms with Gasteiger partial charge in [0.25, 0.3) is 5.70 Å². The fourth-order valence-corrected chi connectivity index (χ4v) is 16.7. The zero-order valence-electron chi connectivity index (χ0n) is 59.8. The number of carbonyl (C=O) groups is 7. The van der Waals surface area contributed by atoms with Crippen LogP contribution in [0.4, 0.5) is 5.69 Å². The van der Waals surface area contributed by atoms with Gasteiger partial charge in [-0.15, -0.1) is 0 Å². The highest BCUT2D eigenvalue weighted by atomic mass is 32.2. The smallest absolute Gasteiger partial charge is 0.270 e. The number of nitrogens with zero attached hydrogens (tertiary/aromatic N) is 3. The molecule has 21 heteroatoms. The zero-order valence-corrected chi connectivity index (χ0v) is 63.1. The maximum absolute atomic E-state index is 12.1. The Kier molecular flexibility index (Phi) is 24.7. The number of hydrogen-bond donors (Lipinski definition) is 0. The van der Waals surface area contributed by atoms with E-state index >= 15 is 0 Å². The molecule has 18 rings (SSSR count). The van der Waals surface area contributed by atoms with E-state index in [-0.39, 0.29) is 82.8 Å². The molecule has 552 valence electrons. The number of para-hydroxylation sites is 3. The molecule has 5 heterocycles. The molecule has 10 aromatic carbocycles. The molecule has 112 heavy (non-hydrogen) atoms. The molecular formula is C91H65N3O14S4. The van der Waals surface area contributed by atoms with Gasteiger partial charge in [0.1, 0.15) is 10.7 Å². The van der Waals surface area contributed by atoms with E-state index < -0.39 is 25.5 Å². The highest BCUT2D eigenvalue weighted by Gasteiger charge is 2.39. The molecule has 1 atom stereocenters. The van der Waals surface area contributed by atoms with E-state index in [0.717, 1.165) is 92.2 Å². The first-order valence-corrected chi connectivity index (χ1v) is 38.6. The maximum Gasteiger partial charge on any atom is 0.270 e. The molecule has 1 unspecified atom stereocenters. The first kappa shape index (κ1) is 79.5. The van der Waals surface area contributed by atoms with E-state index in [1.807, 2.05) is 170 Å². The summed E-state index contributed by atoms with van der Waals surface area (Å²) in [7, 11) is -7.22. The average Bonchev–Trinajstić information content (AvgIpc) is 1.55. The van der Waals surface area contributed by atoms with Crippen LogP contribution in [-0.4, -0.2) is 57.3 Å². The quantitative estimate of drug-likeness (QED) is 0.0295. The lowest BCUT2D eigenvalue weighted by atomic mass is 9.88. The molecule has 5 aliphatic heterocycles. The second kappa shape index (κ2) is 34.8. The Balaban J connectivity index is 0.000000128. The Morgan fingerprint density at radius 2 is 0.982 bits per heavy atom. The van der Waals surface area contributed by atoms with Crippen LogP contribution in [0.5, 0.6) is 11.5 Å². The SMILES string of the molecule is C=C1C(=O)c2ccccc2C1c1ccccc1.C=C1C(=O)c2ccccc2N1SOOc1ccccc1.C=C1C(=O)c2ccccc2S1(=O)=O.C=C1CCc2ccccc2C1=O.C=C1Cc2ccccc2C1=O.C=C1Oc2ccccc2C1=O.C=C1Sc2ccccc2C1=O.[C-]#[N+]/C(C#N)=C1\C(=C)S(=O)(=O)c2ccccc21. The third-order valence-corrected chi connectivity index (χ3v) is 23.4. The fraction of sp³-hybridized carbons (Fsp3) is 0.0440. The topological polar surface area (TPSA) is 247 Å². The second-order valence-corrected chi connectivity index (χ2v) is 30.8. The summed E-state index contributed by atoms with van der Waals surface area (Å²) < 4.78 is 58.7. The Morgan fingerprint density at radius 3 is 1.60 bits per heavy atom. The van der Waals surface area contributed by atoms with Gasteiger partial charge >= 0.3 is 0 Å². The molecule has 17 nitrogen and oxygen atoms in total. The molecule has 0 saturated carbocycles. The number of ether oxygens (including phenoxy) is 1. The summed E-state index contributed by atoms with van der Waals surface area (Å²) in [6.45, 7) is 36.0. The van der Waals surface area contributed by atoms with E-state index in [9.17, 15) is 50.4 Å². The molecule has 0 aromatic heterocycles. The summed E-state index contributed by atoms with van der Waals surface area (Å²) >= 11 is 2.38. The molecule has 0 fully saturated rings. The van der Waals surface area contributed by atoms with Gasteiger partial charge in [0.05, 0.1) is 49.2 Å². The van der Waals surface area contributed by atoms with Gasteiger partial charge < -0.3 is 9.62 Å². The maximum atomic E-state index is 12.1. The minimum absolute atomic E-state index is 0.0277. The number of ketones is 7. The number of allylic oxidation sites excluding steroid dienone is 9. The Bertz CT molecular complexity index is 5880. The van der Waals surface area contributed by atoms with Crippen LogP contribution in [0.15, 0.2) is 371 Å². The lowest BCUT2D eigenvalue weighted by Crippen LogP contribution is -2.12. The summed E-state index contributed by atoms with van der Waals surface area (Å²) in [5.41, 5.74) is 12.7. The fourth-order valence-electron chi connectivity index (χ4n) is 12.5. The van der Waals surface area contributed by atoms with Gasteiger partial charge in [-0.3, -0.25) is 37.9 Å². The third kappa shape index (κ3) is 16.7. The number of hydrogen-bond acceptors (Lipinski definition) is 18. The minimum atomic E-state index is -3.65. The van der Waals surface area contributed by atoms with Crippen molar-refractivity contribution in [3.63, 3.8) is 0 Å². The predicted molar refractivity (Wildman–Crippen MR) is 433 cm³/mol. The van der Waals surface area contributed by atoms with Gasteiger partial charge in [-0.2, -0.15) is 0 Å². The summed E-state index contributed by atoms with van der Waals surface area (Å²) in [6.07, 6.45) is 2.51. The average molecular weight is 1550 g/mol. The van der Waals surface area contributed by atoms with Crippen molar-refractivity contribution in [3.8, 4) is 17.6 Å². The molecule has 0 spiro atoms. The van der Waals surface area contributed by atoms with Crippen LogP contribution in [0.2, 0.25) is 0 Å². The van der Waals surface area contributed by atoms with Crippen LogP contribution < -0.4 is 13.9 Å². The van der Waals surface area contributed by atoms with Crippen LogP contribution in [0, 0.1) is 17.9 Å². The number of sulfone groups is 2. The van der Waals surface area contributed by atoms with Crippen molar-refractivity contribution in [3.05, 3.63) is 434 Å². The summed E-state index contributed by atoms with van der Waals surface area (Å²) in [6, 6.07) is 78.5. The molecule has 0 saturated heterocycles. The number of Topliss-reactive ketones (excluding diaryl/α,β-unsaturated/α-hetero) is 7. The van der Waals surface area contributed by atoms with Crippen molar-refractivity contribution >= 4 is 95.4 Å². The number of nitriles is 1. The van der Waals surface area contributed by atoms with Crippen LogP contribution >= 0.6 is 24.0 Å². The molecule has 8 aliphatic rings. The number of fused-ring (bicyclic) bond motifs is 8. The van der Waals surface area contributed by atoms with E-state index in [2.05, 4.69) is 57.5 Å². The lowest BCUT2D eigenvalue weighted by Gasteiger charge is -2.15. The molecule has 0 N–H and O–H groups in total. The standard InChI is InChI=1S/C16H12O.C15H11NO3S.C12H6N2O2S.C11H10O.C10H8O.C9H6O3S.C9H6O2.C9H6OS/c1-11-15(12-7-3-2-4-8-12)13-9-5-6-10-14(13)16(11)17;1-11-15(17)13-9-5-6-10-14(13)16(11)20-19-18-12-7-3-2-4-8-12;1-8-12(10(7-13)14-2)9-5-3-4-6-11(9)17(8,15)16;1-8-6-7-9-4-2-3-5-10(9)11(8)12;1-7-6-8-4-2-3-5-9(8)10(7)11;1-6-9(10)7-4-2-3-5-8(7)13(6,11)12;2*1-6-9(10)7-4-2-3-5-8(7)11-6/h2-10,15H,1H2;2-10H,1H2;3-6H,1H2;2-5H,1,6-7H2;2-5H,1,6H2;2-5H,1H2;2*2-5H,1H2/b;;12-10+;;;;;. The Hall–Kier alpha value is -13.5. The van der Waals surface area contributed by atoms with Crippen molar-refractivity contribution < 1.29 is 64.4 Å². The number of carbonyl (C=O) groups excluding carboxylic acids is 7. The molecule has 0 radical (unpaired) electrons. The summed E-state index contributed by atoms with van der Waals surface area (Å²) in [5, 5.41) is 8.84. The number of anilines is 1. The Labute approximate surface area is 656 Å². The van der Waals surface area contributed by atoms with Gasteiger partial charge in [-0.1, -0.05) is 257 Å². The second-order valence-electron chi connectivity index (χ2n) is 25.1.